The van der Waals surface area contributed by atoms with Crippen molar-refractivity contribution in [3.8, 4) is 0 Å². The van der Waals surface area contributed by atoms with Crippen LogP contribution in [-0.2, 0) is 9.59 Å². The topological polar surface area (TPSA) is 116 Å². The number of aliphatic hydroxyl groups is 1. The number of aliphatic carboxylic acids is 1. The average Bonchev–Trinajstić information content (AvgIpc) is 2.44. The third-order valence-corrected chi connectivity index (χ3v) is 3.52. The molecule has 7 nitrogen and oxygen atoms in total. The number of aliphatic imine (C=N–C) groups is 1. The molecule has 0 saturated carbocycles. The van der Waals surface area contributed by atoms with E-state index in [9.17, 15) is 9.59 Å². The van der Waals surface area contributed by atoms with Gasteiger partial charge in [0.25, 0.3) is 0 Å². The van der Waals surface area contributed by atoms with Crippen molar-refractivity contribution in [3.05, 3.63) is 0 Å². The number of hydrogen-bond donors (Lipinski definition) is 3. The molecule has 0 aromatic carbocycles. The Bertz CT molecular complexity index is 384. The van der Waals surface area contributed by atoms with Crippen LogP contribution in [-0.4, -0.2) is 52.6 Å². The fourth-order valence-electron chi connectivity index (χ4n) is 2.15. The second-order valence-corrected chi connectivity index (χ2v) is 5.98. The number of unbranched alkanes of at least 4 members (excludes halogenated alkanes) is 6. The number of aliphatic hydroxyl groups excluding tert-OH is 1. The molecule has 0 fully saturated rings. The summed E-state index contributed by atoms with van der Waals surface area (Å²) >= 11 is 0. The molecule has 134 valence electrons. The van der Waals surface area contributed by atoms with E-state index in [0.29, 0.717) is 6.42 Å². The van der Waals surface area contributed by atoms with E-state index in [-0.39, 0.29) is 24.5 Å². The normalized spacial score (nSPS) is 12.9. The SMILES string of the molecule is CC(O)CCCCCCCCCC(=O)N=C(N)N(C)CC(=O)O. The van der Waals surface area contributed by atoms with Gasteiger partial charge in [0.05, 0.1) is 6.10 Å². The van der Waals surface area contributed by atoms with Crippen molar-refractivity contribution in [1.29, 1.82) is 0 Å². The van der Waals surface area contributed by atoms with E-state index in [4.69, 9.17) is 15.9 Å². The molecule has 0 aliphatic heterocycles. The van der Waals surface area contributed by atoms with Crippen molar-refractivity contribution in [3.63, 3.8) is 0 Å². The molecule has 0 aliphatic carbocycles. The Labute approximate surface area is 138 Å². The van der Waals surface area contributed by atoms with Gasteiger partial charge in [-0.05, 0) is 19.8 Å². The minimum Gasteiger partial charge on any atom is -0.480 e. The summed E-state index contributed by atoms with van der Waals surface area (Å²) in [6.07, 6.45) is 8.33. The highest BCUT2D eigenvalue weighted by atomic mass is 16.4. The van der Waals surface area contributed by atoms with Gasteiger partial charge in [-0.25, -0.2) is 0 Å². The molecule has 0 spiro atoms. The minimum atomic E-state index is -1.02. The molecule has 0 bridgehead atoms. The summed E-state index contributed by atoms with van der Waals surface area (Å²) in [6.45, 7) is 1.53. The summed E-state index contributed by atoms with van der Waals surface area (Å²) in [6, 6.07) is 0. The van der Waals surface area contributed by atoms with Gasteiger partial charge in [-0.3, -0.25) is 9.59 Å². The maximum absolute atomic E-state index is 11.6. The van der Waals surface area contributed by atoms with Gasteiger partial charge < -0.3 is 20.8 Å². The number of guanidine groups is 1. The zero-order valence-corrected chi connectivity index (χ0v) is 14.3. The lowest BCUT2D eigenvalue weighted by Gasteiger charge is -2.14. The smallest absolute Gasteiger partial charge is 0.323 e. The van der Waals surface area contributed by atoms with Crippen LogP contribution in [0.15, 0.2) is 4.99 Å². The maximum Gasteiger partial charge on any atom is 0.323 e. The van der Waals surface area contributed by atoms with Crippen LogP contribution in [0.25, 0.3) is 0 Å². The summed E-state index contributed by atoms with van der Waals surface area (Å²) in [5, 5.41) is 17.8. The Kier molecular flexibility index (Phi) is 12.0. The zero-order valence-electron chi connectivity index (χ0n) is 14.3. The first kappa shape index (κ1) is 21.4. The third kappa shape index (κ3) is 13.7. The van der Waals surface area contributed by atoms with E-state index in [1.807, 2.05) is 6.92 Å². The Balaban J connectivity index is 3.65. The van der Waals surface area contributed by atoms with Crippen LogP contribution in [0.3, 0.4) is 0 Å². The van der Waals surface area contributed by atoms with E-state index < -0.39 is 5.97 Å². The Morgan fingerprint density at radius 2 is 1.61 bits per heavy atom. The molecular formula is C16H31N3O4. The number of amides is 1. The largest absolute Gasteiger partial charge is 0.480 e. The first-order chi connectivity index (χ1) is 10.8. The molecule has 1 unspecified atom stereocenters. The van der Waals surface area contributed by atoms with Gasteiger partial charge in [-0.2, -0.15) is 4.99 Å². The van der Waals surface area contributed by atoms with Crippen LogP contribution in [0.1, 0.15) is 64.7 Å². The highest BCUT2D eigenvalue weighted by Crippen LogP contribution is 2.11. The number of rotatable bonds is 12. The first-order valence-electron chi connectivity index (χ1n) is 8.31. The number of carboxylic acids is 1. The lowest BCUT2D eigenvalue weighted by atomic mass is 10.1. The molecule has 4 N–H and O–H groups in total. The van der Waals surface area contributed by atoms with E-state index in [0.717, 1.165) is 51.4 Å². The number of hydrogen-bond acceptors (Lipinski definition) is 3. The van der Waals surface area contributed by atoms with Crippen LogP contribution in [0, 0.1) is 0 Å². The number of nitrogens with two attached hydrogens (primary N) is 1. The molecule has 0 radical (unpaired) electrons. The number of carbonyl (C=O) groups is 2. The predicted octanol–water partition coefficient (Wildman–Crippen LogP) is 1.74. The van der Waals surface area contributed by atoms with Gasteiger partial charge in [0.15, 0.2) is 5.96 Å². The van der Waals surface area contributed by atoms with Crippen molar-refractivity contribution in [2.24, 2.45) is 10.7 Å². The zero-order chi connectivity index (χ0) is 17.7. The molecule has 7 heteroatoms. The van der Waals surface area contributed by atoms with Crippen molar-refractivity contribution < 1.29 is 19.8 Å². The van der Waals surface area contributed by atoms with Gasteiger partial charge in [-0.1, -0.05) is 38.5 Å². The number of carbonyl (C=O) groups excluding carboxylic acids is 1. The summed E-state index contributed by atoms with van der Waals surface area (Å²) in [5.41, 5.74) is 5.56. The second kappa shape index (κ2) is 12.9. The number of carboxylic acid groups (broad SMARTS) is 1. The summed E-state index contributed by atoms with van der Waals surface area (Å²) in [7, 11) is 1.48. The van der Waals surface area contributed by atoms with Crippen LogP contribution in [0.4, 0.5) is 0 Å². The predicted molar refractivity (Wildman–Crippen MR) is 90.1 cm³/mol. The van der Waals surface area contributed by atoms with Crippen LogP contribution < -0.4 is 5.73 Å². The van der Waals surface area contributed by atoms with Gasteiger partial charge in [0.1, 0.15) is 6.54 Å². The first-order valence-corrected chi connectivity index (χ1v) is 8.31. The van der Waals surface area contributed by atoms with Crippen molar-refractivity contribution in [2.45, 2.75) is 70.8 Å². The van der Waals surface area contributed by atoms with Crippen molar-refractivity contribution >= 4 is 17.8 Å². The molecular weight excluding hydrogens is 298 g/mol. The quantitative estimate of drug-likeness (QED) is 0.285. The van der Waals surface area contributed by atoms with Crippen LogP contribution in [0.5, 0.6) is 0 Å². The lowest BCUT2D eigenvalue weighted by molar-refractivity contribution is -0.137. The molecule has 0 aliphatic rings. The molecule has 0 aromatic rings. The van der Waals surface area contributed by atoms with Gasteiger partial charge in [0.2, 0.25) is 5.91 Å². The average molecular weight is 329 g/mol. The minimum absolute atomic E-state index is 0.0597. The van der Waals surface area contributed by atoms with Gasteiger partial charge >= 0.3 is 5.97 Å². The molecule has 1 atom stereocenters. The summed E-state index contributed by atoms with van der Waals surface area (Å²) < 4.78 is 0. The summed E-state index contributed by atoms with van der Waals surface area (Å²) in [4.78, 5) is 27.1. The molecule has 0 aromatic heterocycles. The molecule has 0 rings (SSSR count). The second-order valence-electron chi connectivity index (χ2n) is 5.98. The monoisotopic (exact) mass is 329 g/mol. The fourth-order valence-corrected chi connectivity index (χ4v) is 2.15. The highest BCUT2D eigenvalue weighted by molar-refractivity contribution is 5.93. The van der Waals surface area contributed by atoms with Crippen molar-refractivity contribution in [1.82, 2.24) is 4.90 Å². The third-order valence-electron chi connectivity index (χ3n) is 3.52. The Hall–Kier alpha value is -1.63. The van der Waals surface area contributed by atoms with Crippen LogP contribution >= 0.6 is 0 Å². The Morgan fingerprint density at radius 1 is 1.09 bits per heavy atom. The molecule has 23 heavy (non-hydrogen) atoms. The van der Waals surface area contributed by atoms with E-state index in [1.165, 1.54) is 11.9 Å². The maximum atomic E-state index is 11.6. The number of likely N-dealkylation sites (N-methyl/N-ethyl adjacent to an activating group) is 1. The van der Waals surface area contributed by atoms with Gasteiger partial charge in [-0.15, -0.1) is 0 Å². The fraction of sp³-hybridized carbons (Fsp3) is 0.812. The standard InChI is InChI=1S/C16H31N3O4/c1-13(20)10-8-6-4-3-5-7-9-11-14(21)18-16(17)19(2)12-15(22)23/h13,20H,3-12H2,1-2H3,(H,22,23)(H2,17,18,21). The molecule has 0 heterocycles. The molecule has 1 amide bonds. The van der Waals surface area contributed by atoms with Crippen molar-refractivity contribution in [2.75, 3.05) is 13.6 Å². The van der Waals surface area contributed by atoms with E-state index in [1.54, 1.807) is 0 Å². The lowest BCUT2D eigenvalue weighted by Crippen LogP contribution is -2.38. The van der Waals surface area contributed by atoms with Gasteiger partial charge in [0, 0.05) is 13.5 Å². The summed E-state index contributed by atoms with van der Waals surface area (Å²) in [5.74, 6) is -1.39. The molecule has 0 saturated heterocycles. The number of nitrogens with zero attached hydrogens (tertiary/aromatic N) is 2. The van der Waals surface area contributed by atoms with E-state index >= 15 is 0 Å². The van der Waals surface area contributed by atoms with Crippen LogP contribution in [0.2, 0.25) is 0 Å². The Morgan fingerprint density at radius 3 is 2.13 bits per heavy atom. The van der Waals surface area contributed by atoms with E-state index in [2.05, 4.69) is 4.99 Å². The highest BCUT2D eigenvalue weighted by Gasteiger charge is 2.08.